The summed E-state index contributed by atoms with van der Waals surface area (Å²) in [6.45, 7) is 6.79. The predicted octanol–water partition coefficient (Wildman–Crippen LogP) is 4.28. The third-order valence-corrected chi connectivity index (χ3v) is 4.37. The highest BCUT2D eigenvalue weighted by atomic mass is 16.6. The third kappa shape index (κ3) is 6.24. The van der Waals surface area contributed by atoms with E-state index in [-0.39, 0.29) is 17.1 Å². The van der Waals surface area contributed by atoms with Crippen LogP contribution in [0, 0.1) is 20.2 Å². The number of rotatable bonds is 11. The van der Waals surface area contributed by atoms with E-state index in [0.717, 1.165) is 43.6 Å². The lowest BCUT2D eigenvalue weighted by molar-refractivity contribution is -0.393. The van der Waals surface area contributed by atoms with Crippen LogP contribution in [-0.4, -0.2) is 39.2 Å². The molecule has 0 amide bonds. The zero-order valence-corrected chi connectivity index (χ0v) is 16.9. The second-order valence-corrected chi connectivity index (χ2v) is 6.75. The Labute approximate surface area is 174 Å². The first kappa shape index (κ1) is 22.8. The Kier molecular flexibility index (Phi) is 8.24. The van der Waals surface area contributed by atoms with E-state index < -0.39 is 15.5 Å². The van der Waals surface area contributed by atoms with Crippen molar-refractivity contribution in [2.75, 3.05) is 18.5 Å². The van der Waals surface area contributed by atoms with Crippen molar-refractivity contribution >= 4 is 23.3 Å². The SMILES string of the molecule is CCCN(CCC)Cc1ccc(/C=N/Nc2ccc([N+](=O)[O-])cc2[N+](=O)[O-])cc1O. The molecule has 0 atom stereocenters. The van der Waals surface area contributed by atoms with Crippen molar-refractivity contribution in [3.05, 3.63) is 67.8 Å². The van der Waals surface area contributed by atoms with Crippen LogP contribution in [0.3, 0.4) is 0 Å². The second kappa shape index (κ2) is 10.9. The molecule has 0 aromatic heterocycles. The Morgan fingerprint density at radius 3 is 2.33 bits per heavy atom. The van der Waals surface area contributed by atoms with Gasteiger partial charge in [-0.05, 0) is 43.6 Å². The Bertz CT molecular complexity index is 926. The topological polar surface area (TPSA) is 134 Å². The molecule has 2 N–H and O–H groups in total. The fourth-order valence-electron chi connectivity index (χ4n) is 2.99. The summed E-state index contributed by atoms with van der Waals surface area (Å²) >= 11 is 0. The molecule has 0 aliphatic carbocycles. The lowest BCUT2D eigenvalue weighted by atomic mass is 10.1. The molecule has 0 fully saturated rings. The highest BCUT2D eigenvalue weighted by Gasteiger charge is 2.19. The quantitative estimate of drug-likeness (QED) is 0.318. The molecular weight excluding hydrogens is 390 g/mol. The number of phenols is 1. The van der Waals surface area contributed by atoms with Gasteiger partial charge in [0.1, 0.15) is 11.4 Å². The van der Waals surface area contributed by atoms with Crippen molar-refractivity contribution in [2.45, 2.75) is 33.2 Å². The maximum absolute atomic E-state index is 11.1. The summed E-state index contributed by atoms with van der Waals surface area (Å²) in [7, 11) is 0. The van der Waals surface area contributed by atoms with E-state index in [1.807, 2.05) is 6.07 Å². The highest BCUT2D eigenvalue weighted by molar-refractivity contribution is 5.81. The van der Waals surface area contributed by atoms with Gasteiger partial charge in [-0.2, -0.15) is 5.10 Å². The molecule has 0 spiro atoms. The van der Waals surface area contributed by atoms with Crippen molar-refractivity contribution in [2.24, 2.45) is 5.10 Å². The van der Waals surface area contributed by atoms with Gasteiger partial charge in [-0.25, -0.2) is 0 Å². The summed E-state index contributed by atoms with van der Waals surface area (Å²) in [4.78, 5) is 22.8. The first-order valence-corrected chi connectivity index (χ1v) is 9.61. The molecule has 2 rings (SSSR count). The van der Waals surface area contributed by atoms with Crippen LogP contribution in [-0.2, 0) is 6.54 Å². The lowest BCUT2D eigenvalue weighted by Gasteiger charge is -2.21. The van der Waals surface area contributed by atoms with Crippen LogP contribution in [0.5, 0.6) is 5.75 Å². The average Bonchev–Trinajstić information content (AvgIpc) is 2.70. The molecule has 0 saturated heterocycles. The lowest BCUT2D eigenvalue weighted by Crippen LogP contribution is -2.24. The molecule has 0 aliphatic heterocycles. The van der Waals surface area contributed by atoms with Crippen LogP contribution in [0.25, 0.3) is 0 Å². The molecule has 2 aromatic rings. The monoisotopic (exact) mass is 415 g/mol. The number of nitrogens with one attached hydrogen (secondary N) is 1. The molecule has 10 nitrogen and oxygen atoms in total. The molecule has 160 valence electrons. The summed E-state index contributed by atoms with van der Waals surface area (Å²) < 4.78 is 0. The normalized spacial score (nSPS) is 11.2. The molecule has 10 heteroatoms. The van der Waals surface area contributed by atoms with E-state index in [2.05, 4.69) is 29.3 Å². The molecule has 0 heterocycles. The maximum Gasteiger partial charge on any atom is 0.301 e. The van der Waals surface area contributed by atoms with Crippen LogP contribution < -0.4 is 5.43 Å². The van der Waals surface area contributed by atoms with Crippen molar-refractivity contribution < 1.29 is 15.0 Å². The number of benzene rings is 2. The van der Waals surface area contributed by atoms with Gasteiger partial charge in [-0.3, -0.25) is 30.6 Å². The van der Waals surface area contributed by atoms with E-state index in [1.165, 1.54) is 12.3 Å². The average molecular weight is 415 g/mol. The number of nitro groups is 2. The van der Waals surface area contributed by atoms with Crippen LogP contribution in [0.2, 0.25) is 0 Å². The minimum absolute atomic E-state index is 0.0254. The highest BCUT2D eigenvalue weighted by Crippen LogP contribution is 2.29. The standard InChI is InChI=1S/C20H25N5O5/c1-3-9-23(10-4-2)14-16-6-5-15(11-20(16)26)13-21-22-18-8-7-17(24(27)28)12-19(18)25(29)30/h5-8,11-13,22,26H,3-4,9-10,14H2,1-2H3/b21-13+. The summed E-state index contributed by atoms with van der Waals surface area (Å²) in [6, 6.07) is 8.44. The zero-order chi connectivity index (χ0) is 22.1. The molecule has 30 heavy (non-hydrogen) atoms. The second-order valence-electron chi connectivity index (χ2n) is 6.75. The molecular formula is C20H25N5O5. The van der Waals surface area contributed by atoms with E-state index in [1.54, 1.807) is 12.1 Å². The molecule has 2 aromatic carbocycles. The van der Waals surface area contributed by atoms with E-state index in [9.17, 15) is 25.3 Å². The van der Waals surface area contributed by atoms with Gasteiger partial charge in [-0.15, -0.1) is 0 Å². The van der Waals surface area contributed by atoms with E-state index in [0.29, 0.717) is 12.1 Å². The minimum atomic E-state index is -0.718. The van der Waals surface area contributed by atoms with Crippen LogP contribution in [0.4, 0.5) is 17.1 Å². The Balaban J connectivity index is 2.11. The Morgan fingerprint density at radius 2 is 1.77 bits per heavy atom. The number of nitro benzene ring substituents is 2. The zero-order valence-electron chi connectivity index (χ0n) is 16.9. The number of non-ortho nitro benzene ring substituents is 1. The van der Waals surface area contributed by atoms with Gasteiger partial charge in [-0.1, -0.05) is 26.0 Å². The van der Waals surface area contributed by atoms with Crippen molar-refractivity contribution in [3.8, 4) is 5.75 Å². The van der Waals surface area contributed by atoms with Crippen LogP contribution in [0.1, 0.15) is 37.8 Å². The Morgan fingerprint density at radius 1 is 1.07 bits per heavy atom. The number of phenolic OH excluding ortho intramolecular Hbond substituents is 1. The molecule has 0 aliphatic rings. The fourth-order valence-corrected chi connectivity index (χ4v) is 2.99. The number of aromatic hydroxyl groups is 1. The minimum Gasteiger partial charge on any atom is -0.508 e. The van der Waals surface area contributed by atoms with E-state index >= 15 is 0 Å². The van der Waals surface area contributed by atoms with Gasteiger partial charge in [0.25, 0.3) is 5.69 Å². The van der Waals surface area contributed by atoms with Gasteiger partial charge in [0.05, 0.1) is 22.1 Å². The summed E-state index contributed by atoms with van der Waals surface area (Å²) in [6.07, 6.45) is 3.47. The number of hydrazone groups is 1. The first-order chi connectivity index (χ1) is 14.3. The smallest absolute Gasteiger partial charge is 0.301 e. The van der Waals surface area contributed by atoms with Gasteiger partial charge in [0, 0.05) is 18.2 Å². The molecule has 0 bridgehead atoms. The first-order valence-electron chi connectivity index (χ1n) is 9.61. The molecule has 0 unspecified atom stereocenters. The van der Waals surface area contributed by atoms with Crippen molar-refractivity contribution in [3.63, 3.8) is 0 Å². The van der Waals surface area contributed by atoms with Gasteiger partial charge < -0.3 is 5.11 Å². The van der Waals surface area contributed by atoms with Gasteiger partial charge in [0.2, 0.25) is 0 Å². The fraction of sp³-hybridized carbons (Fsp3) is 0.350. The number of nitrogens with zero attached hydrogens (tertiary/aromatic N) is 4. The largest absolute Gasteiger partial charge is 0.508 e. The number of hydrogen-bond acceptors (Lipinski definition) is 8. The third-order valence-electron chi connectivity index (χ3n) is 4.37. The van der Waals surface area contributed by atoms with Crippen LogP contribution in [0.15, 0.2) is 41.5 Å². The number of anilines is 1. The van der Waals surface area contributed by atoms with Crippen molar-refractivity contribution in [1.82, 2.24) is 4.90 Å². The van der Waals surface area contributed by atoms with Crippen LogP contribution >= 0.6 is 0 Å². The summed E-state index contributed by atoms with van der Waals surface area (Å²) in [5.41, 5.74) is 3.14. The van der Waals surface area contributed by atoms with Gasteiger partial charge in [0.15, 0.2) is 0 Å². The predicted molar refractivity (Wildman–Crippen MR) is 115 cm³/mol. The summed E-state index contributed by atoms with van der Waals surface area (Å²) in [5, 5.41) is 36.2. The van der Waals surface area contributed by atoms with Gasteiger partial charge >= 0.3 is 5.69 Å². The van der Waals surface area contributed by atoms with Crippen molar-refractivity contribution in [1.29, 1.82) is 0 Å². The van der Waals surface area contributed by atoms with E-state index in [4.69, 9.17) is 0 Å². The summed E-state index contributed by atoms with van der Waals surface area (Å²) in [5.74, 6) is 0.150. The molecule has 0 saturated carbocycles. The molecule has 0 radical (unpaired) electrons. The number of hydrogen-bond donors (Lipinski definition) is 2. The Hall–Kier alpha value is -3.53. The maximum atomic E-state index is 11.1.